The zero-order chi connectivity index (χ0) is 18.7. The van der Waals surface area contributed by atoms with Gasteiger partial charge in [-0.3, -0.25) is 0 Å². The molecule has 0 aromatic heterocycles. The highest BCUT2D eigenvalue weighted by Gasteiger charge is 2.26. The van der Waals surface area contributed by atoms with Crippen molar-refractivity contribution in [1.29, 1.82) is 0 Å². The van der Waals surface area contributed by atoms with Crippen LogP contribution in [-0.4, -0.2) is 13.8 Å². The summed E-state index contributed by atoms with van der Waals surface area (Å²) in [5.74, 6) is 2.36. The molecular weight excluding hydrogens is 343 g/mol. The third-order valence-corrected chi connectivity index (χ3v) is 5.62. The number of rotatable bonds is 7. The van der Waals surface area contributed by atoms with Crippen molar-refractivity contribution in [2.75, 3.05) is 13.8 Å². The van der Waals surface area contributed by atoms with E-state index in [1.165, 1.54) is 24.0 Å². The van der Waals surface area contributed by atoms with E-state index in [0.29, 0.717) is 5.76 Å². The van der Waals surface area contributed by atoms with Gasteiger partial charge in [0.25, 0.3) is 0 Å². The van der Waals surface area contributed by atoms with Gasteiger partial charge in [-0.05, 0) is 37.5 Å². The van der Waals surface area contributed by atoms with Gasteiger partial charge in [-0.15, -0.1) is 0 Å². The van der Waals surface area contributed by atoms with Crippen LogP contribution in [0.1, 0.15) is 42.9 Å². The monoisotopic (exact) mass is 370 g/mol. The van der Waals surface area contributed by atoms with Crippen LogP contribution in [-0.2, 0) is 10.9 Å². The van der Waals surface area contributed by atoms with E-state index in [1.807, 2.05) is 6.66 Å². The zero-order valence-corrected chi connectivity index (χ0v) is 17.0. The normalized spacial score (nSPS) is 13.6. The molecule has 0 saturated carbocycles. The Bertz CT molecular complexity index is 813. The molecule has 2 aromatic rings. The first-order valence-electron chi connectivity index (χ1n) is 9.14. The summed E-state index contributed by atoms with van der Waals surface area (Å²) < 4.78 is 17.7. The van der Waals surface area contributed by atoms with Crippen LogP contribution >= 0.6 is 8.38 Å². The van der Waals surface area contributed by atoms with E-state index in [9.17, 15) is 0 Å². The highest BCUT2D eigenvalue weighted by atomic mass is 31.2. The second kappa shape index (κ2) is 8.24. The molecule has 3 nitrogen and oxygen atoms in total. The lowest BCUT2D eigenvalue weighted by Gasteiger charge is -2.26. The standard InChI is InChI=1S/C22H27O3P/c1-6-7-8-9-17-13-20-22(21(14-17)25-26(5)23-4)19-12-15(2)10-11-18(19)16(3)24-20/h10-14H,3,6-9H2,1-2,4-5H3. The summed E-state index contributed by atoms with van der Waals surface area (Å²) in [5, 5.41) is 0. The Morgan fingerprint density at radius 1 is 1.12 bits per heavy atom. The Labute approximate surface area is 157 Å². The van der Waals surface area contributed by atoms with Crippen molar-refractivity contribution < 1.29 is 13.8 Å². The van der Waals surface area contributed by atoms with E-state index in [1.54, 1.807) is 7.11 Å². The van der Waals surface area contributed by atoms with Crippen LogP contribution in [0.4, 0.5) is 0 Å². The first kappa shape index (κ1) is 18.9. The molecule has 3 rings (SSSR count). The molecular formula is C22H27O3P. The maximum Gasteiger partial charge on any atom is 0.226 e. The fraction of sp³-hybridized carbons (Fsp3) is 0.364. The highest BCUT2D eigenvalue weighted by Crippen LogP contribution is 2.50. The van der Waals surface area contributed by atoms with Crippen LogP contribution in [0.25, 0.3) is 16.9 Å². The van der Waals surface area contributed by atoms with E-state index in [4.69, 9.17) is 13.8 Å². The number of unbranched alkanes of at least 4 members (excludes halogenated alkanes) is 2. The van der Waals surface area contributed by atoms with E-state index in [0.717, 1.165) is 41.0 Å². The lowest BCUT2D eigenvalue weighted by atomic mass is 9.91. The van der Waals surface area contributed by atoms with Gasteiger partial charge in [-0.25, -0.2) is 0 Å². The van der Waals surface area contributed by atoms with E-state index in [2.05, 4.69) is 50.8 Å². The Balaban J connectivity index is 2.10. The highest BCUT2D eigenvalue weighted by molar-refractivity contribution is 7.46. The molecule has 0 bridgehead atoms. The molecule has 1 unspecified atom stereocenters. The molecule has 1 aliphatic heterocycles. The third kappa shape index (κ3) is 3.95. The van der Waals surface area contributed by atoms with Crippen molar-refractivity contribution >= 4 is 14.1 Å². The summed E-state index contributed by atoms with van der Waals surface area (Å²) in [5.41, 5.74) is 5.57. The van der Waals surface area contributed by atoms with Gasteiger partial charge in [-0.1, -0.05) is 50.1 Å². The molecule has 1 aliphatic rings. The van der Waals surface area contributed by atoms with Gasteiger partial charge in [-0.2, -0.15) is 0 Å². The van der Waals surface area contributed by atoms with Crippen LogP contribution in [0.15, 0.2) is 36.9 Å². The van der Waals surface area contributed by atoms with Gasteiger partial charge in [0.1, 0.15) is 17.3 Å². The van der Waals surface area contributed by atoms with Gasteiger partial charge < -0.3 is 13.8 Å². The molecule has 0 spiro atoms. The molecule has 0 saturated heterocycles. The smallest absolute Gasteiger partial charge is 0.226 e. The van der Waals surface area contributed by atoms with Crippen LogP contribution in [0, 0.1) is 6.92 Å². The number of aryl methyl sites for hydroxylation is 2. The minimum Gasteiger partial charge on any atom is -0.457 e. The first-order chi connectivity index (χ1) is 12.5. The quantitative estimate of drug-likeness (QED) is 0.400. The topological polar surface area (TPSA) is 27.7 Å². The van der Waals surface area contributed by atoms with E-state index >= 15 is 0 Å². The molecule has 0 N–H and O–H groups in total. The van der Waals surface area contributed by atoms with Gasteiger partial charge in [0.05, 0.1) is 5.56 Å². The predicted octanol–water partition coefficient (Wildman–Crippen LogP) is 6.72. The fourth-order valence-corrected chi connectivity index (χ4v) is 3.75. The minimum atomic E-state index is -0.984. The molecule has 138 valence electrons. The maximum absolute atomic E-state index is 6.17. The average molecular weight is 370 g/mol. The second-order valence-electron chi connectivity index (χ2n) is 6.71. The summed E-state index contributed by atoms with van der Waals surface area (Å²) >= 11 is 0. The lowest BCUT2D eigenvalue weighted by molar-refractivity contribution is 0.400. The van der Waals surface area contributed by atoms with Crippen molar-refractivity contribution in [3.63, 3.8) is 0 Å². The lowest BCUT2D eigenvalue weighted by Crippen LogP contribution is -2.06. The molecule has 1 heterocycles. The van der Waals surface area contributed by atoms with Crippen molar-refractivity contribution in [2.45, 2.75) is 39.5 Å². The summed E-state index contributed by atoms with van der Waals surface area (Å²) in [6, 6.07) is 10.6. The van der Waals surface area contributed by atoms with Crippen LogP contribution < -0.4 is 9.26 Å². The predicted molar refractivity (Wildman–Crippen MR) is 110 cm³/mol. The van der Waals surface area contributed by atoms with Crippen LogP contribution in [0.3, 0.4) is 0 Å². The van der Waals surface area contributed by atoms with Crippen molar-refractivity contribution in [1.82, 2.24) is 0 Å². The zero-order valence-electron chi connectivity index (χ0n) is 16.1. The minimum absolute atomic E-state index is 0.690. The summed E-state index contributed by atoms with van der Waals surface area (Å²) in [6.07, 6.45) is 4.61. The molecule has 26 heavy (non-hydrogen) atoms. The number of fused-ring (bicyclic) bond motifs is 3. The second-order valence-corrected chi connectivity index (χ2v) is 8.14. The van der Waals surface area contributed by atoms with E-state index < -0.39 is 8.38 Å². The Hall–Kier alpha value is -1.83. The summed E-state index contributed by atoms with van der Waals surface area (Å²) in [6.45, 7) is 10.4. The Morgan fingerprint density at radius 3 is 2.65 bits per heavy atom. The number of hydrogen-bond acceptors (Lipinski definition) is 3. The Morgan fingerprint density at radius 2 is 1.92 bits per heavy atom. The average Bonchev–Trinajstić information content (AvgIpc) is 2.61. The SMILES string of the molecule is C=C1Oc2cc(CCCCC)cc(OP(C)OC)c2-c2cc(C)ccc21. The van der Waals surface area contributed by atoms with Gasteiger partial charge in [0, 0.05) is 24.9 Å². The number of hydrogen-bond donors (Lipinski definition) is 0. The number of ether oxygens (including phenoxy) is 1. The van der Waals surface area contributed by atoms with Gasteiger partial charge in [0.15, 0.2) is 0 Å². The van der Waals surface area contributed by atoms with Crippen molar-refractivity contribution in [3.8, 4) is 22.6 Å². The third-order valence-electron chi connectivity index (χ3n) is 4.66. The summed E-state index contributed by atoms with van der Waals surface area (Å²) in [7, 11) is 0.696. The first-order valence-corrected chi connectivity index (χ1v) is 10.8. The molecule has 0 amide bonds. The molecule has 0 radical (unpaired) electrons. The van der Waals surface area contributed by atoms with Crippen molar-refractivity contribution in [2.24, 2.45) is 0 Å². The number of benzene rings is 2. The van der Waals surface area contributed by atoms with Crippen LogP contribution in [0.2, 0.25) is 0 Å². The molecule has 1 atom stereocenters. The Kier molecular flexibility index (Phi) is 6.01. The van der Waals surface area contributed by atoms with Gasteiger partial charge >= 0.3 is 0 Å². The molecule has 2 aromatic carbocycles. The van der Waals surface area contributed by atoms with Crippen molar-refractivity contribution in [3.05, 3.63) is 53.6 Å². The molecule has 0 aliphatic carbocycles. The van der Waals surface area contributed by atoms with E-state index in [-0.39, 0.29) is 0 Å². The van der Waals surface area contributed by atoms with Crippen LogP contribution in [0.5, 0.6) is 11.5 Å². The molecule has 4 heteroatoms. The maximum atomic E-state index is 6.17. The summed E-state index contributed by atoms with van der Waals surface area (Å²) in [4.78, 5) is 0. The van der Waals surface area contributed by atoms with Gasteiger partial charge in [0.2, 0.25) is 8.38 Å². The fourth-order valence-electron chi connectivity index (χ4n) is 3.26. The largest absolute Gasteiger partial charge is 0.457 e. The molecule has 0 fully saturated rings.